The summed E-state index contributed by atoms with van der Waals surface area (Å²) < 4.78 is 11.4. The largest absolute Gasteiger partial charge is 0.490 e. The third-order valence-corrected chi connectivity index (χ3v) is 2.56. The Kier molecular flexibility index (Phi) is 4.83. The van der Waals surface area contributed by atoms with Gasteiger partial charge in [0, 0.05) is 12.1 Å². The quantitative estimate of drug-likeness (QED) is 0.628. The fourth-order valence-corrected chi connectivity index (χ4v) is 1.48. The van der Waals surface area contributed by atoms with E-state index in [-0.39, 0.29) is 0 Å². The summed E-state index contributed by atoms with van der Waals surface area (Å²) in [6.07, 6.45) is 0. The average molecular weight is 313 g/mol. The molecule has 0 saturated carbocycles. The molecule has 0 aliphatic carbocycles. The first-order valence-electron chi connectivity index (χ1n) is 3.81. The molecule has 0 fully saturated rings. The van der Waals surface area contributed by atoms with Crippen LogP contribution in [0, 0.1) is 3.57 Å². The standard InChI is InChI=1S/C9H10ClIO2/c1-12-4-5-13-9-6-7(10)2-3-8(9)11/h2-3,6H,4-5H2,1H3. The smallest absolute Gasteiger partial charge is 0.134 e. The molecule has 1 aromatic carbocycles. The van der Waals surface area contributed by atoms with Crippen LogP contribution in [-0.2, 0) is 4.74 Å². The number of halogens is 2. The third-order valence-electron chi connectivity index (χ3n) is 1.44. The summed E-state index contributed by atoms with van der Waals surface area (Å²) in [6, 6.07) is 5.57. The molecule has 0 atom stereocenters. The topological polar surface area (TPSA) is 18.5 Å². The van der Waals surface area contributed by atoms with Crippen LogP contribution in [0.5, 0.6) is 5.75 Å². The molecule has 1 aromatic rings. The minimum atomic E-state index is 0.548. The Morgan fingerprint density at radius 2 is 2.15 bits per heavy atom. The molecule has 72 valence electrons. The first kappa shape index (κ1) is 11.1. The van der Waals surface area contributed by atoms with Gasteiger partial charge in [-0.2, -0.15) is 0 Å². The van der Waals surface area contributed by atoms with Gasteiger partial charge in [-0.15, -0.1) is 0 Å². The highest BCUT2D eigenvalue weighted by molar-refractivity contribution is 14.1. The Morgan fingerprint density at radius 1 is 1.38 bits per heavy atom. The van der Waals surface area contributed by atoms with Gasteiger partial charge in [-0.25, -0.2) is 0 Å². The Morgan fingerprint density at radius 3 is 2.85 bits per heavy atom. The Hall–Kier alpha value is -0.000000000000000111. The summed E-state index contributed by atoms with van der Waals surface area (Å²) in [5, 5.41) is 0.688. The van der Waals surface area contributed by atoms with Crippen molar-refractivity contribution in [3.05, 3.63) is 26.8 Å². The van der Waals surface area contributed by atoms with Crippen molar-refractivity contribution < 1.29 is 9.47 Å². The van der Waals surface area contributed by atoms with Crippen LogP contribution >= 0.6 is 34.2 Å². The zero-order valence-corrected chi connectivity index (χ0v) is 10.1. The molecule has 0 N–H and O–H groups in total. The minimum absolute atomic E-state index is 0.548. The summed E-state index contributed by atoms with van der Waals surface area (Å²) in [4.78, 5) is 0. The summed E-state index contributed by atoms with van der Waals surface area (Å²) >= 11 is 8.02. The molecule has 0 heterocycles. The molecule has 0 unspecified atom stereocenters. The van der Waals surface area contributed by atoms with E-state index in [0.717, 1.165) is 9.32 Å². The predicted octanol–water partition coefficient (Wildman–Crippen LogP) is 2.97. The van der Waals surface area contributed by atoms with Gasteiger partial charge in [-0.3, -0.25) is 0 Å². The van der Waals surface area contributed by atoms with E-state index in [0.29, 0.717) is 18.2 Å². The van der Waals surface area contributed by atoms with Crippen LogP contribution < -0.4 is 4.74 Å². The highest BCUT2D eigenvalue weighted by atomic mass is 127. The van der Waals surface area contributed by atoms with Crippen LogP contribution in [0.1, 0.15) is 0 Å². The van der Waals surface area contributed by atoms with Crippen LogP contribution in [0.3, 0.4) is 0 Å². The molecule has 1 rings (SSSR count). The van der Waals surface area contributed by atoms with Gasteiger partial charge >= 0.3 is 0 Å². The molecule has 0 aliphatic heterocycles. The van der Waals surface area contributed by atoms with E-state index in [1.807, 2.05) is 12.1 Å². The zero-order valence-electron chi connectivity index (χ0n) is 7.22. The Balaban J connectivity index is 2.59. The lowest BCUT2D eigenvalue weighted by Gasteiger charge is -2.07. The maximum Gasteiger partial charge on any atom is 0.134 e. The van der Waals surface area contributed by atoms with Crippen molar-refractivity contribution in [2.24, 2.45) is 0 Å². The fourth-order valence-electron chi connectivity index (χ4n) is 0.823. The van der Waals surface area contributed by atoms with Gasteiger partial charge in [-0.05, 0) is 40.8 Å². The van der Waals surface area contributed by atoms with Gasteiger partial charge in [0.1, 0.15) is 12.4 Å². The van der Waals surface area contributed by atoms with Crippen molar-refractivity contribution in [2.45, 2.75) is 0 Å². The van der Waals surface area contributed by atoms with Crippen LogP contribution in [0.25, 0.3) is 0 Å². The second kappa shape index (κ2) is 5.67. The van der Waals surface area contributed by atoms with E-state index in [1.54, 1.807) is 13.2 Å². The van der Waals surface area contributed by atoms with Crippen molar-refractivity contribution >= 4 is 34.2 Å². The van der Waals surface area contributed by atoms with E-state index in [1.165, 1.54) is 0 Å². The Bertz CT molecular complexity index is 278. The van der Waals surface area contributed by atoms with Crippen molar-refractivity contribution in [3.63, 3.8) is 0 Å². The number of methoxy groups -OCH3 is 1. The zero-order chi connectivity index (χ0) is 9.68. The highest BCUT2D eigenvalue weighted by Gasteiger charge is 2.00. The molecule has 13 heavy (non-hydrogen) atoms. The number of hydrogen-bond acceptors (Lipinski definition) is 2. The van der Waals surface area contributed by atoms with Gasteiger partial charge in [0.25, 0.3) is 0 Å². The molecule has 0 amide bonds. The summed E-state index contributed by atoms with van der Waals surface area (Å²) in [6.45, 7) is 1.13. The van der Waals surface area contributed by atoms with Crippen molar-refractivity contribution in [1.29, 1.82) is 0 Å². The normalized spacial score (nSPS) is 10.1. The lowest BCUT2D eigenvalue weighted by Crippen LogP contribution is -2.05. The number of ether oxygens (including phenoxy) is 2. The molecule has 0 spiro atoms. The van der Waals surface area contributed by atoms with Gasteiger partial charge < -0.3 is 9.47 Å². The van der Waals surface area contributed by atoms with Gasteiger partial charge in [0.05, 0.1) is 10.2 Å². The molecule has 0 aromatic heterocycles. The highest BCUT2D eigenvalue weighted by Crippen LogP contribution is 2.24. The molecular formula is C9H10ClIO2. The SMILES string of the molecule is COCCOc1cc(Cl)ccc1I. The maximum atomic E-state index is 5.82. The molecule has 0 bridgehead atoms. The predicted molar refractivity (Wildman–Crippen MR) is 61.5 cm³/mol. The van der Waals surface area contributed by atoms with E-state index < -0.39 is 0 Å². The monoisotopic (exact) mass is 312 g/mol. The van der Waals surface area contributed by atoms with Crippen molar-refractivity contribution in [2.75, 3.05) is 20.3 Å². The van der Waals surface area contributed by atoms with Crippen molar-refractivity contribution in [1.82, 2.24) is 0 Å². The van der Waals surface area contributed by atoms with E-state index in [9.17, 15) is 0 Å². The van der Waals surface area contributed by atoms with Crippen LogP contribution in [0.4, 0.5) is 0 Å². The second-order valence-electron chi connectivity index (χ2n) is 2.42. The number of benzene rings is 1. The first-order valence-corrected chi connectivity index (χ1v) is 5.26. The summed E-state index contributed by atoms with van der Waals surface area (Å²) in [7, 11) is 1.65. The second-order valence-corrected chi connectivity index (χ2v) is 4.01. The first-order chi connectivity index (χ1) is 6.24. The van der Waals surface area contributed by atoms with Crippen LogP contribution in [0.2, 0.25) is 5.02 Å². The summed E-state index contributed by atoms with van der Waals surface area (Å²) in [5.74, 6) is 0.810. The van der Waals surface area contributed by atoms with Gasteiger partial charge in [0.15, 0.2) is 0 Å². The number of rotatable bonds is 4. The maximum absolute atomic E-state index is 5.82. The molecular weight excluding hydrogens is 302 g/mol. The summed E-state index contributed by atoms with van der Waals surface area (Å²) in [5.41, 5.74) is 0. The van der Waals surface area contributed by atoms with E-state index >= 15 is 0 Å². The average Bonchev–Trinajstić information content (AvgIpc) is 2.11. The molecule has 0 aliphatic rings. The fraction of sp³-hybridized carbons (Fsp3) is 0.333. The number of hydrogen-bond donors (Lipinski definition) is 0. The third kappa shape index (κ3) is 3.70. The lowest BCUT2D eigenvalue weighted by atomic mass is 10.3. The lowest BCUT2D eigenvalue weighted by molar-refractivity contribution is 0.146. The van der Waals surface area contributed by atoms with Crippen LogP contribution in [-0.4, -0.2) is 20.3 Å². The van der Waals surface area contributed by atoms with Crippen molar-refractivity contribution in [3.8, 4) is 5.75 Å². The molecule has 2 nitrogen and oxygen atoms in total. The molecule has 0 saturated heterocycles. The van der Waals surface area contributed by atoms with Gasteiger partial charge in [-0.1, -0.05) is 11.6 Å². The van der Waals surface area contributed by atoms with E-state index in [4.69, 9.17) is 21.1 Å². The molecule has 4 heteroatoms. The molecule has 0 radical (unpaired) electrons. The van der Waals surface area contributed by atoms with Crippen LogP contribution in [0.15, 0.2) is 18.2 Å². The van der Waals surface area contributed by atoms with E-state index in [2.05, 4.69) is 22.6 Å². The van der Waals surface area contributed by atoms with Gasteiger partial charge in [0.2, 0.25) is 0 Å². The minimum Gasteiger partial charge on any atom is -0.490 e. The Labute approximate surface area is 96.3 Å².